The van der Waals surface area contributed by atoms with Gasteiger partial charge in [0.05, 0.1) is 27.2 Å². The SMILES string of the molecule is C[N+](C)(C)CCOC(=O)[C@@]1(C#N)CC2c3ccccc3C1c1ccccc12. The number of carbonyl (C=O) groups is 1. The Morgan fingerprint density at radius 2 is 1.59 bits per heavy atom. The van der Waals surface area contributed by atoms with Crippen LogP contribution in [-0.4, -0.2) is 44.7 Å². The Hall–Kier alpha value is -2.64. The highest BCUT2D eigenvalue weighted by Gasteiger charge is 2.58. The number of hydrogen-bond donors (Lipinski definition) is 0. The molecule has 0 aliphatic heterocycles. The third-order valence-electron chi connectivity index (χ3n) is 5.94. The molecule has 0 saturated carbocycles. The molecule has 138 valence electrons. The maximum absolute atomic E-state index is 13.2. The monoisotopic (exact) mass is 361 g/mol. The van der Waals surface area contributed by atoms with Crippen molar-refractivity contribution in [3.05, 3.63) is 70.8 Å². The van der Waals surface area contributed by atoms with Crippen molar-refractivity contribution in [2.45, 2.75) is 18.3 Å². The third kappa shape index (κ3) is 2.74. The summed E-state index contributed by atoms with van der Waals surface area (Å²) in [5.41, 5.74) is 3.52. The van der Waals surface area contributed by atoms with E-state index in [0.29, 0.717) is 24.1 Å². The summed E-state index contributed by atoms with van der Waals surface area (Å²) in [4.78, 5) is 13.2. The minimum atomic E-state index is -1.15. The number of fused-ring (bicyclic) bond motifs is 1. The van der Waals surface area contributed by atoms with Crippen molar-refractivity contribution in [3.63, 3.8) is 0 Å². The van der Waals surface area contributed by atoms with Crippen molar-refractivity contribution in [1.29, 1.82) is 5.26 Å². The van der Waals surface area contributed by atoms with E-state index in [9.17, 15) is 10.1 Å². The van der Waals surface area contributed by atoms with Gasteiger partial charge >= 0.3 is 5.97 Å². The number of likely N-dealkylation sites (N-methyl/N-ethyl adjacent to an activating group) is 1. The summed E-state index contributed by atoms with van der Waals surface area (Å²) < 4.78 is 6.37. The molecule has 27 heavy (non-hydrogen) atoms. The Morgan fingerprint density at radius 3 is 2.07 bits per heavy atom. The molecule has 2 bridgehead atoms. The minimum Gasteiger partial charge on any atom is -0.458 e. The van der Waals surface area contributed by atoms with Crippen molar-refractivity contribution in [1.82, 2.24) is 0 Å². The van der Waals surface area contributed by atoms with Gasteiger partial charge in [-0.15, -0.1) is 0 Å². The summed E-state index contributed by atoms with van der Waals surface area (Å²) in [6, 6.07) is 18.8. The highest BCUT2D eigenvalue weighted by Crippen LogP contribution is 2.61. The highest BCUT2D eigenvalue weighted by molar-refractivity contribution is 5.85. The number of hydrogen-bond acceptors (Lipinski definition) is 3. The van der Waals surface area contributed by atoms with Gasteiger partial charge in [0.25, 0.3) is 0 Å². The molecule has 0 saturated heterocycles. The number of nitrogens with zero attached hydrogens (tertiary/aromatic N) is 2. The second-order valence-electron chi connectivity index (χ2n) is 8.68. The van der Waals surface area contributed by atoms with Gasteiger partial charge in [0.2, 0.25) is 0 Å². The largest absolute Gasteiger partial charge is 0.458 e. The average molecular weight is 361 g/mol. The van der Waals surface area contributed by atoms with Crippen LogP contribution in [0.2, 0.25) is 0 Å². The molecule has 0 aromatic heterocycles. The van der Waals surface area contributed by atoms with Crippen LogP contribution in [-0.2, 0) is 9.53 Å². The van der Waals surface area contributed by atoms with E-state index >= 15 is 0 Å². The number of quaternary nitrogens is 1. The second-order valence-corrected chi connectivity index (χ2v) is 8.68. The summed E-state index contributed by atoms with van der Waals surface area (Å²) in [7, 11) is 6.18. The Bertz CT molecular complexity index is 890. The first-order valence-electron chi connectivity index (χ1n) is 9.44. The number of nitriles is 1. The van der Waals surface area contributed by atoms with Crippen LogP contribution in [0.5, 0.6) is 0 Å². The van der Waals surface area contributed by atoms with Crippen LogP contribution in [0.3, 0.4) is 0 Å². The number of carbonyl (C=O) groups excluding carboxylic acids is 1. The number of esters is 1. The fourth-order valence-corrected chi connectivity index (χ4v) is 4.61. The predicted molar refractivity (Wildman–Crippen MR) is 103 cm³/mol. The zero-order chi connectivity index (χ0) is 19.2. The normalized spacial score (nSPS) is 25.3. The molecule has 0 radical (unpaired) electrons. The first-order chi connectivity index (χ1) is 12.9. The first-order valence-corrected chi connectivity index (χ1v) is 9.44. The fourth-order valence-electron chi connectivity index (χ4n) is 4.61. The molecule has 2 aromatic rings. The molecule has 4 heteroatoms. The van der Waals surface area contributed by atoms with Crippen LogP contribution in [0, 0.1) is 16.7 Å². The van der Waals surface area contributed by atoms with Crippen molar-refractivity contribution in [2.24, 2.45) is 5.41 Å². The summed E-state index contributed by atoms with van der Waals surface area (Å²) in [5.74, 6) is -0.581. The number of benzene rings is 2. The zero-order valence-electron chi connectivity index (χ0n) is 16.1. The minimum absolute atomic E-state index is 0.0630. The van der Waals surface area contributed by atoms with Crippen molar-refractivity contribution in [2.75, 3.05) is 34.3 Å². The van der Waals surface area contributed by atoms with Gasteiger partial charge < -0.3 is 9.22 Å². The van der Waals surface area contributed by atoms with Gasteiger partial charge in [0.1, 0.15) is 13.2 Å². The summed E-state index contributed by atoms with van der Waals surface area (Å²) in [6.45, 7) is 1.04. The molecule has 3 aliphatic rings. The Balaban J connectivity index is 1.76. The Morgan fingerprint density at radius 1 is 1.07 bits per heavy atom. The molecular formula is C23H25N2O2+. The lowest BCUT2D eigenvalue weighted by molar-refractivity contribution is -0.870. The molecule has 4 nitrogen and oxygen atoms in total. The molecular weight excluding hydrogens is 336 g/mol. The quantitative estimate of drug-likeness (QED) is 0.619. The lowest BCUT2D eigenvalue weighted by Gasteiger charge is -2.48. The number of ether oxygens (including phenoxy) is 1. The van der Waals surface area contributed by atoms with Crippen LogP contribution in [0.15, 0.2) is 48.5 Å². The molecule has 0 fully saturated rings. The van der Waals surface area contributed by atoms with Crippen LogP contribution in [0.1, 0.15) is 40.5 Å². The van der Waals surface area contributed by atoms with Gasteiger partial charge in [-0.1, -0.05) is 48.5 Å². The lowest BCUT2D eigenvalue weighted by Crippen LogP contribution is -2.47. The van der Waals surface area contributed by atoms with E-state index in [4.69, 9.17) is 4.74 Å². The summed E-state index contributed by atoms with van der Waals surface area (Å²) in [5, 5.41) is 10.2. The van der Waals surface area contributed by atoms with Crippen molar-refractivity contribution >= 4 is 5.97 Å². The van der Waals surface area contributed by atoms with E-state index in [1.165, 1.54) is 11.1 Å². The molecule has 0 heterocycles. The van der Waals surface area contributed by atoms with Gasteiger partial charge in [0.15, 0.2) is 5.41 Å². The Kier molecular flexibility index (Phi) is 4.09. The molecule has 5 rings (SSSR count). The van der Waals surface area contributed by atoms with Crippen LogP contribution in [0.25, 0.3) is 0 Å². The Labute approximate surface area is 160 Å². The van der Waals surface area contributed by atoms with E-state index in [1.807, 2.05) is 24.3 Å². The molecule has 0 spiro atoms. The molecule has 3 aliphatic carbocycles. The van der Waals surface area contributed by atoms with E-state index in [1.54, 1.807) is 0 Å². The molecule has 0 unspecified atom stereocenters. The van der Waals surface area contributed by atoms with Crippen LogP contribution < -0.4 is 0 Å². The van der Waals surface area contributed by atoms with E-state index in [-0.39, 0.29) is 17.8 Å². The maximum Gasteiger partial charge on any atom is 0.327 e. The van der Waals surface area contributed by atoms with Gasteiger partial charge in [-0.2, -0.15) is 5.26 Å². The lowest BCUT2D eigenvalue weighted by atomic mass is 9.52. The predicted octanol–water partition coefficient (Wildman–Crippen LogP) is 3.43. The fraction of sp³-hybridized carbons (Fsp3) is 0.391. The highest BCUT2D eigenvalue weighted by atomic mass is 16.5. The van der Waals surface area contributed by atoms with Gasteiger partial charge in [-0.25, -0.2) is 0 Å². The smallest absolute Gasteiger partial charge is 0.327 e. The summed E-state index contributed by atoms with van der Waals surface area (Å²) in [6.07, 6.45) is 0.491. The van der Waals surface area contributed by atoms with Crippen molar-refractivity contribution in [3.8, 4) is 6.07 Å². The van der Waals surface area contributed by atoms with E-state index in [2.05, 4.69) is 51.5 Å². The topological polar surface area (TPSA) is 50.1 Å². The standard InChI is InChI=1S/C23H25N2O2/c1-25(2,3)12-13-27-22(26)23(15-24)14-20-16-8-4-6-10-18(16)21(23)19-11-7-5-9-17(19)20/h4-11,20-21H,12-14H2,1-3H3/q+1/t20?,21?,23-/m1/s1. The number of rotatable bonds is 4. The molecule has 2 aromatic carbocycles. The zero-order valence-corrected chi connectivity index (χ0v) is 16.1. The summed E-state index contributed by atoms with van der Waals surface area (Å²) >= 11 is 0. The third-order valence-corrected chi connectivity index (χ3v) is 5.94. The molecule has 0 amide bonds. The first kappa shape index (κ1) is 17.8. The average Bonchev–Trinajstić information content (AvgIpc) is 2.66. The van der Waals surface area contributed by atoms with E-state index < -0.39 is 5.41 Å². The van der Waals surface area contributed by atoms with Gasteiger partial charge in [-0.3, -0.25) is 4.79 Å². The second kappa shape index (κ2) is 6.21. The van der Waals surface area contributed by atoms with Gasteiger partial charge in [-0.05, 0) is 28.7 Å². The molecule has 1 atom stereocenters. The maximum atomic E-state index is 13.2. The molecule has 0 N–H and O–H groups in total. The van der Waals surface area contributed by atoms with Crippen molar-refractivity contribution < 1.29 is 14.0 Å². The van der Waals surface area contributed by atoms with Crippen LogP contribution >= 0.6 is 0 Å². The van der Waals surface area contributed by atoms with Crippen LogP contribution in [0.4, 0.5) is 0 Å². The van der Waals surface area contributed by atoms with E-state index in [0.717, 1.165) is 11.1 Å². The van der Waals surface area contributed by atoms with Gasteiger partial charge in [0, 0.05) is 11.8 Å².